The zero-order valence-electron chi connectivity index (χ0n) is 7.97. The van der Waals surface area contributed by atoms with Gasteiger partial charge in [0.1, 0.15) is 7.11 Å². The molecule has 0 fully saturated rings. The summed E-state index contributed by atoms with van der Waals surface area (Å²) in [5.41, 5.74) is 0.826. The second-order valence-electron chi connectivity index (χ2n) is 2.89. The molecule has 0 spiro atoms. The summed E-state index contributed by atoms with van der Waals surface area (Å²) in [4.78, 5) is 16.7. The minimum atomic E-state index is -1.20. The minimum absolute atomic E-state index is 0.111. The number of carboxylic acids is 1. The molecule has 0 aliphatic rings. The molecule has 0 amide bonds. The number of carbonyl (C=O) groups excluding carboxylic acids is 1. The largest absolute Gasteiger partial charge is 0.545 e. The molecule has 15 heavy (non-hydrogen) atoms. The van der Waals surface area contributed by atoms with Gasteiger partial charge in [0.25, 0.3) is 0 Å². The topological polar surface area (TPSA) is 54.3 Å². The molecule has 2 rings (SSSR count). The molecule has 2 heterocycles. The van der Waals surface area contributed by atoms with Gasteiger partial charge < -0.3 is 14.7 Å². The number of carboxylic acid groups (broad SMARTS) is 1. The van der Waals surface area contributed by atoms with Crippen molar-refractivity contribution in [2.24, 2.45) is 0 Å². The Morgan fingerprint density at radius 2 is 2.40 bits per heavy atom. The quantitative estimate of drug-likeness (QED) is 0.765. The van der Waals surface area contributed by atoms with Crippen molar-refractivity contribution < 1.29 is 14.7 Å². The van der Waals surface area contributed by atoms with E-state index in [2.05, 4.69) is 0 Å². The van der Waals surface area contributed by atoms with Gasteiger partial charge in [-0.15, -0.1) is 11.3 Å². The first kappa shape index (κ1) is 9.79. The van der Waals surface area contributed by atoms with E-state index in [0.717, 1.165) is 4.88 Å². The number of nitrogens with zero attached hydrogens (tertiary/aromatic N) is 1. The number of aromatic carboxylic acids is 1. The van der Waals surface area contributed by atoms with Gasteiger partial charge in [0.05, 0.1) is 22.7 Å². The van der Waals surface area contributed by atoms with E-state index in [-0.39, 0.29) is 5.56 Å². The molecule has 0 radical (unpaired) electrons. The average molecular weight is 222 g/mol. The van der Waals surface area contributed by atoms with Gasteiger partial charge in [0.2, 0.25) is 0 Å². The second kappa shape index (κ2) is 3.78. The Morgan fingerprint density at radius 1 is 1.60 bits per heavy atom. The molecule has 78 valence electrons. The van der Waals surface area contributed by atoms with Gasteiger partial charge in [-0.05, 0) is 17.5 Å². The van der Waals surface area contributed by atoms with Crippen LogP contribution in [-0.2, 0) is 0 Å². The number of carbonyl (C=O) groups is 1. The van der Waals surface area contributed by atoms with Gasteiger partial charge in [-0.2, -0.15) is 4.73 Å². The highest BCUT2D eigenvalue weighted by molar-refractivity contribution is 7.13. The van der Waals surface area contributed by atoms with Crippen LogP contribution in [0.25, 0.3) is 10.6 Å². The summed E-state index contributed by atoms with van der Waals surface area (Å²) in [5, 5.41) is 12.6. The van der Waals surface area contributed by atoms with Crippen molar-refractivity contribution >= 4 is 17.3 Å². The zero-order chi connectivity index (χ0) is 10.8. The predicted molar refractivity (Wildman–Crippen MR) is 54.6 cm³/mol. The fourth-order valence-electron chi connectivity index (χ4n) is 1.31. The molecular formula is C10H8NO3S-. The molecule has 4 nitrogen and oxygen atoms in total. The van der Waals surface area contributed by atoms with Crippen LogP contribution in [0.1, 0.15) is 10.4 Å². The van der Waals surface area contributed by atoms with Gasteiger partial charge in [-0.1, -0.05) is 6.07 Å². The molecule has 0 aromatic carbocycles. The lowest BCUT2D eigenvalue weighted by atomic mass is 10.3. The Balaban J connectivity index is 2.51. The van der Waals surface area contributed by atoms with E-state index < -0.39 is 5.97 Å². The van der Waals surface area contributed by atoms with Crippen LogP contribution >= 0.6 is 11.3 Å². The number of thiophene rings is 1. The van der Waals surface area contributed by atoms with Crippen LogP contribution in [0.4, 0.5) is 0 Å². The third-order valence-corrected chi connectivity index (χ3v) is 2.88. The van der Waals surface area contributed by atoms with Gasteiger partial charge in [-0.25, -0.2) is 0 Å². The SMILES string of the molecule is COn1cc(C(=O)[O-])cc1-c1cccs1. The lowest BCUT2D eigenvalue weighted by Crippen LogP contribution is -2.21. The fourth-order valence-corrected chi connectivity index (χ4v) is 2.04. The Bertz CT molecular complexity index is 473. The highest BCUT2D eigenvalue weighted by atomic mass is 32.1. The van der Waals surface area contributed by atoms with E-state index in [1.165, 1.54) is 35.4 Å². The first-order chi connectivity index (χ1) is 7.22. The van der Waals surface area contributed by atoms with Crippen LogP contribution in [0.3, 0.4) is 0 Å². The fraction of sp³-hybridized carbons (Fsp3) is 0.100. The summed E-state index contributed by atoms with van der Waals surface area (Å²) >= 11 is 1.52. The normalized spacial score (nSPS) is 10.2. The summed E-state index contributed by atoms with van der Waals surface area (Å²) < 4.78 is 1.41. The summed E-state index contributed by atoms with van der Waals surface area (Å²) in [6.45, 7) is 0. The van der Waals surface area contributed by atoms with Crippen LogP contribution in [0.2, 0.25) is 0 Å². The summed E-state index contributed by atoms with van der Waals surface area (Å²) in [6, 6.07) is 5.32. The van der Waals surface area contributed by atoms with Crippen molar-refractivity contribution in [1.82, 2.24) is 4.73 Å². The minimum Gasteiger partial charge on any atom is -0.545 e. The standard InChI is InChI=1S/C10H9NO3S/c1-14-11-6-7(10(12)13)5-8(11)9-3-2-4-15-9/h2-6H,1H3,(H,12,13)/p-1. The molecule has 0 saturated carbocycles. The summed E-state index contributed by atoms with van der Waals surface area (Å²) in [6.07, 6.45) is 1.39. The van der Waals surface area contributed by atoms with Crippen molar-refractivity contribution in [3.8, 4) is 10.6 Å². The highest BCUT2D eigenvalue weighted by Crippen LogP contribution is 2.25. The van der Waals surface area contributed by atoms with Gasteiger partial charge in [-0.3, -0.25) is 0 Å². The van der Waals surface area contributed by atoms with Crippen molar-refractivity contribution in [2.45, 2.75) is 0 Å². The van der Waals surface area contributed by atoms with Crippen molar-refractivity contribution in [3.05, 3.63) is 35.3 Å². The number of hydrogen-bond donors (Lipinski definition) is 0. The molecule has 0 aliphatic heterocycles. The van der Waals surface area contributed by atoms with E-state index >= 15 is 0 Å². The van der Waals surface area contributed by atoms with Crippen molar-refractivity contribution in [1.29, 1.82) is 0 Å². The average Bonchev–Trinajstić information content (AvgIpc) is 2.86. The van der Waals surface area contributed by atoms with Gasteiger partial charge in [0, 0.05) is 5.56 Å². The van der Waals surface area contributed by atoms with E-state index in [1.807, 2.05) is 17.5 Å². The van der Waals surface area contributed by atoms with E-state index in [9.17, 15) is 9.90 Å². The number of hydrogen-bond acceptors (Lipinski definition) is 4. The summed E-state index contributed by atoms with van der Waals surface area (Å²) in [7, 11) is 1.48. The zero-order valence-corrected chi connectivity index (χ0v) is 8.78. The molecule has 0 N–H and O–H groups in total. The third kappa shape index (κ3) is 1.73. The Hall–Kier alpha value is -1.75. The molecule has 2 aromatic heterocycles. The molecule has 0 unspecified atom stereocenters. The maximum Gasteiger partial charge on any atom is 0.104 e. The smallest absolute Gasteiger partial charge is 0.104 e. The number of aromatic nitrogens is 1. The monoisotopic (exact) mass is 222 g/mol. The lowest BCUT2D eigenvalue weighted by Gasteiger charge is -2.03. The molecule has 0 bridgehead atoms. The molecule has 5 heteroatoms. The Morgan fingerprint density at radius 3 is 2.93 bits per heavy atom. The molecule has 0 aliphatic carbocycles. The van der Waals surface area contributed by atoms with Crippen molar-refractivity contribution in [2.75, 3.05) is 7.11 Å². The van der Waals surface area contributed by atoms with E-state index in [1.54, 1.807) is 0 Å². The summed E-state index contributed by atoms with van der Waals surface area (Å²) in [5.74, 6) is -1.20. The maximum atomic E-state index is 10.7. The third-order valence-electron chi connectivity index (χ3n) is 1.99. The van der Waals surface area contributed by atoms with E-state index in [4.69, 9.17) is 4.84 Å². The highest BCUT2D eigenvalue weighted by Gasteiger charge is 2.09. The van der Waals surface area contributed by atoms with Crippen LogP contribution in [0, 0.1) is 0 Å². The van der Waals surface area contributed by atoms with Crippen LogP contribution in [-0.4, -0.2) is 17.8 Å². The first-order valence-electron chi connectivity index (χ1n) is 4.24. The van der Waals surface area contributed by atoms with Crippen molar-refractivity contribution in [3.63, 3.8) is 0 Å². The van der Waals surface area contributed by atoms with Gasteiger partial charge in [0.15, 0.2) is 0 Å². The molecule has 2 aromatic rings. The maximum absolute atomic E-state index is 10.7. The molecule has 0 saturated heterocycles. The van der Waals surface area contributed by atoms with Crippen LogP contribution < -0.4 is 9.94 Å². The molecular weight excluding hydrogens is 214 g/mol. The van der Waals surface area contributed by atoms with Gasteiger partial charge >= 0.3 is 0 Å². The van der Waals surface area contributed by atoms with Crippen LogP contribution in [0.15, 0.2) is 29.8 Å². The predicted octanol–water partition coefficient (Wildman–Crippen LogP) is 0.638. The first-order valence-corrected chi connectivity index (χ1v) is 5.12. The Labute approximate surface area is 90.3 Å². The second-order valence-corrected chi connectivity index (χ2v) is 3.83. The van der Waals surface area contributed by atoms with Crippen LogP contribution in [0.5, 0.6) is 0 Å². The number of rotatable bonds is 3. The Kier molecular flexibility index (Phi) is 2.47. The lowest BCUT2D eigenvalue weighted by molar-refractivity contribution is -0.255. The van der Waals surface area contributed by atoms with E-state index in [0.29, 0.717) is 5.69 Å². The molecule has 0 atom stereocenters.